The molecule has 2 heterocycles. The second-order valence-electron chi connectivity index (χ2n) is 9.17. The van der Waals surface area contributed by atoms with Crippen molar-refractivity contribution in [2.75, 3.05) is 0 Å². The molecule has 0 aliphatic carbocycles. The van der Waals surface area contributed by atoms with Crippen LogP contribution in [0.25, 0.3) is 66.1 Å². The van der Waals surface area contributed by atoms with E-state index in [4.69, 9.17) is 12.3 Å². The van der Waals surface area contributed by atoms with E-state index in [2.05, 4.69) is 4.57 Å². The summed E-state index contributed by atoms with van der Waals surface area (Å²) in [7, 11) is 0. The number of benzene rings is 6. The monoisotopic (exact) mass is 493 g/mol. The molecule has 6 aromatic carbocycles. The SMILES string of the molecule is [2H]c1ccc(-c2ccc(-n3c4ccccc4c4ccc(-n5c6c([2H])c([2H])c([2H])c([2H])c6c6c([2H])c([2H])c([2H])c([2H])c65)cc43)cc2)cc1. The van der Waals surface area contributed by atoms with Crippen LogP contribution < -0.4 is 0 Å². The Bertz CT molecular complexity index is 2520. The molecule has 0 aliphatic heterocycles. The number of para-hydroxylation sites is 3. The summed E-state index contributed by atoms with van der Waals surface area (Å²) in [5.74, 6) is 0. The van der Waals surface area contributed by atoms with E-state index in [1.54, 1.807) is 16.7 Å². The van der Waals surface area contributed by atoms with Crippen molar-refractivity contribution in [3.63, 3.8) is 0 Å². The molecule has 0 atom stereocenters. The van der Waals surface area contributed by atoms with Crippen LogP contribution in [0.3, 0.4) is 0 Å². The highest BCUT2D eigenvalue weighted by Crippen LogP contribution is 2.37. The lowest BCUT2D eigenvalue weighted by Crippen LogP contribution is -1.97. The topological polar surface area (TPSA) is 9.86 Å². The van der Waals surface area contributed by atoms with Gasteiger partial charge < -0.3 is 9.13 Å². The zero-order valence-corrected chi connectivity index (χ0v) is 20.1. The Morgan fingerprint density at radius 3 is 1.71 bits per heavy atom. The molecule has 0 N–H and O–H groups in total. The first-order valence-electron chi connectivity index (χ1n) is 16.8. The van der Waals surface area contributed by atoms with Crippen LogP contribution in [-0.2, 0) is 0 Å². The van der Waals surface area contributed by atoms with E-state index in [-0.39, 0.29) is 46.0 Å². The molecule has 0 fully saturated rings. The molecule has 0 saturated carbocycles. The van der Waals surface area contributed by atoms with Gasteiger partial charge in [-0.25, -0.2) is 0 Å². The first-order chi connectivity index (χ1) is 22.6. The summed E-state index contributed by atoms with van der Waals surface area (Å²) in [6.07, 6.45) is 0. The minimum Gasteiger partial charge on any atom is -0.309 e. The standard InChI is InChI=1S/C36H24N2/c1-2-10-25(11-3-1)26-18-20-27(21-19-26)37-33-15-7-6-14-31(33)32-23-22-28(24-36(32)37)38-34-16-8-4-12-29(34)30-13-5-9-17-35(30)38/h1-24H/i1D,4D,5D,8D,9D,12D,13D,16D,17D. The zero-order chi connectivity index (χ0) is 32.9. The maximum absolute atomic E-state index is 8.88. The highest BCUT2D eigenvalue weighted by molar-refractivity contribution is 6.12. The Morgan fingerprint density at radius 1 is 0.395 bits per heavy atom. The Morgan fingerprint density at radius 2 is 0.974 bits per heavy atom. The lowest BCUT2D eigenvalue weighted by Gasteiger charge is -2.12. The molecule has 0 spiro atoms. The lowest BCUT2D eigenvalue weighted by atomic mass is 10.1. The fourth-order valence-corrected chi connectivity index (χ4v) is 5.44. The smallest absolute Gasteiger partial charge is 0.0645 e. The number of nitrogens with zero attached hydrogens (tertiary/aromatic N) is 2. The average molecular weight is 494 g/mol. The van der Waals surface area contributed by atoms with Crippen LogP contribution in [0.4, 0.5) is 0 Å². The molecule has 178 valence electrons. The second-order valence-corrected chi connectivity index (χ2v) is 9.17. The van der Waals surface area contributed by atoms with Gasteiger partial charge in [0.25, 0.3) is 0 Å². The molecule has 0 aliphatic rings. The van der Waals surface area contributed by atoms with Crippen molar-refractivity contribution in [1.82, 2.24) is 9.13 Å². The van der Waals surface area contributed by atoms with Crippen molar-refractivity contribution in [3.8, 4) is 22.5 Å². The van der Waals surface area contributed by atoms with Gasteiger partial charge in [-0.3, -0.25) is 0 Å². The van der Waals surface area contributed by atoms with Gasteiger partial charge in [0.05, 0.1) is 34.4 Å². The number of hydrogen-bond acceptors (Lipinski definition) is 0. The third-order valence-corrected chi connectivity index (χ3v) is 7.13. The third kappa shape index (κ3) is 3.07. The minimum absolute atomic E-state index is 0.0488. The summed E-state index contributed by atoms with van der Waals surface area (Å²) in [6.45, 7) is 0. The van der Waals surface area contributed by atoms with Gasteiger partial charge in [0.2, 0.25) is 0 Å². The van der Waals surface area contributed by atoms with E-state index >= 15 is 0 Å². The van der Waals surface area contributed by atoms with Gasteiger partial charge in [0, 0.05) is 32.9 Å². The summed E-state index contributed by atoms with van der Waals surface area (Å²) in [6, 6.07) is 26.3. The van der Waals surface area contributed by atoms with Gasteiger partial charge in [0.15, 0.2) is 0 Å². The summed E-state index contributed by atoms with van der Waals surface area (Å²) in [4.78, 5) is 0. The quantitative estimate of drug-likeness (QED) is 0.232. The molecule has 8 aromatic rings. The van der Waals surface area contributed by atoms with Crippen molar-refractivity contribution in [2.45, 2.75) is 0 Å². The Kier molecular flexibility index (Phi) is 3.03. The predicted molar refractivity (Wildman–Crippen MR) is 161 cm³/mol. The van der Waals surface area contributed by atoms with Crippen LogP contribution in [0, 0.1) is 0 Å². The number of hydrogen-bond donors (Lipinski definition) is 0. The van der Waals surface area contributed by atoms with E-state index in [1.807, 2.05) is 78.9 Å². The van der Waals surface area contributed by atoms with Gasteiger partial charge in [-0.1, -0.05) is 103 Å². The fourth-order valence-electron chi connectivity index (χ4n) is 5.44. The van der Waals surface area contributed by atoms with E-state index in [9.17, 15) is 0 Å². The van der Waals surface area contributed by atoms with E-state index in [0.29, 0.717) is 11.7 Å². The van der Waals surface area contributed by atoms with E-state index in [0.717, 1.165) is 38.6 Å². The maximum atomic E-state index is 8.88. The molecule has 2 heteroatoms. The van der Waals surface area contributed by atoms with Crippen molar-refractivity contribution in [1.29, 1.82) is 0 Å². The van der Waals surface area contributed by atoms with Crippen LogP contribution in [0.1, 0.15) is 12.3 Å². The molecule has 0 amide bonds. The summed E-state index contributed by atoms with van der Waals surface area (Å²) < 4.78 is 80.3. The van der Waals surface area contributed by atoms with Gasteiger partial charge in [-0.05, 0) is 53.5 Å². The largest absolute Gasteiger partial charge is 0.309 e. The van der Waals surface area contributed by atoms with Crippen LogP contribution in [0.5, 0.6) is 0 Å². The molecular formula is C36H24N2. The minimum atomic E-state index is -0.469. The molecule has 8 rings (SSSR count). The highest BCUT2D eigenvalue weighted by atomic mass is 15.0. The normalized spacial score (nSPS) is 15.0. The zero-order valence-electron chi connectivity index (χ0n) is 29.1. The van der Waals surface area contributed by atoms with Crippen LogP contribution >= 0.6 is 0 Å². The van der Waals surface area contributed by atoms with E-state index in [1.165, 1.54) is 0 Å². The second kappa shape index (κ2) is 8.22. The average Bonchev–Trinajstić information content (AvgIpc) is 3.62. The molecule has 2 aromatic heterocycles. The number of rotatable bonds is 3. The lowest BCUT2D eigenvalue weighted by molar-refractivity contribution is 1.15. The van der Waals surface area contributed by atoms with Crippen molar-refractivity contribution in [2.24, 2.45) is 0 Å². The summed E-state index contributed by atoms with van der Waals surface area (Å²) >= 11 is 0. The Labute approximate surface area is 233 Å². The first-order valence-corrected chi connectivity index (χ1v) is 12.3. The molecular weight excluding hydrogens is 460 g/mol. The van der Waals surface area contributed by atoms with Gasteiger partial charge in [-0.15, -0.1) is 0 Å². The van der Waals surface area contributed by atoms with Gasteiger partial charge in [-0.2, -0.15) is 0 Å². The molecule has 0 unspecified atom stereocenters. The third-order valence-electron chi connectivity index (χ3n) is 7.13. The van der Waals surface area contributed by atoms with Crippen molar-refractivity contribution >= 4 is 43.6 Å². The summed E-state index contributed by atoms with van der Waals surface area (Å²) in [5.41, 5.74) is 5.32. The van der Waals surface area contributed by atoms with Crippen LogP contribution in [0.15, 0.2) is 145 Å². The fraction of sp³-hybridized carbons (Fsp3) is 0. The summed E-state index contributed by atoms with van der Waals surface area (Å²) in [5, 5.41) is 2.06. The maximum Gasteiger partial charge on any atom is 0.0645 e. The van der Waals surface area contributed by atoms with Crippen molar-refractivity contribution < 1.29 is 12.3 Å². The van der Waals surface area contributed by atoms with Gasteiger partial charge in [0.1, 0.15) is 0 Å². The molecule has 38 heavy (non-hydrogen) atoms. The Hall–Kier alpha value is -5.08. The highest BCUT2D eigenvalue weighted by Gasteiger charge is 2.16. The van der Waals surface area contributed by atoms with Crippen LogP contribution in [0.2, 0.25) is 0 Å². The van der Waals surface area contributed by atoms with Gasteiger partial charge >= 0.3 is 0 Å². The molecule has 0 saturated heterocycles. The van der Waals surface area contributed by atoms with Crippen molar-refractivity contribution in [3.05, 3.63) is 145 Å². The number of aromatic nitrogens is 2. The van der Waals surface area contributed by atoms with E-state index < -0.39 is 24.2 Å². The molecule has 0 radical (unpaired) electrons. The van der Waals surface area contributed by atoms with Crippen LogP contribution in [-0.4, -0.2) is 9.13 Å². The predicted octanol–water partition coefficient (Wildman–Crippen LogP) is 9.55. The first kappa shape index (κ1) is 14.0. The molecule has 2 nitrogen and oxygen atoms in total. The number of fused-ring (bicyclic) bond motifs is 6. The molecule has 0 bridgehead atoms. The Balaban J connectivity index is 1.46.